The molecule has 11 heavy (non-hydrogen) atoms. The summed E-state index contributed by atoms with van der Waals surface area (Å²) in [6, 6.07) is 0.0845. The van der Waals surface area contributed by atoms with Crippen molar-refractivity contribution >= 4 is 5.78 Å². The molecule has 1 fully saturated rings. The summed E-state index contributed by atoms with van der Waals surface area (Å²) in [7, 11) is 1.99. The highest BCUT2D eigenvalue weighted by Gasteiger charge is 2.44. The molecule has 0 spiro atoms. The van der Waals surface area contributed by atoms with Crippen LogP contribution in [0.2, 0.25) is 0 Å². The van der Waals surface area contributed by atoms with Gasteiger partial charge in [0.1, 0.15) is 5.78 Å². The van der Waals surface area contributed by atoms with Crippen molar-refractivity contribution in [2.45, 2.75) is 13.0 Å². The number of ketones is 1. The largest absolute Gasteiger partial charge is 0.298 e. The van der Waals surface area contributed by atoms with Crippen LogP contribution >= 0.6 is 0 Å². The molecule has 1 aliphatic heterocycles. The second kappa shape index (κ2) is 2.09. The van der Waals surface area contributed by atoms with E-state index >= 15 is 0 Å². The predicted octanol–water partition coefficient (Wildman–Crippen LogP) is 0.139. The van der Waals surface area contributed by atoms with Gasteiger partial charge in [0.05, 0.1) is 12.0 Å². The van der Waals surface area contributed by atoms with E-state index in [0.717, 1.165) is 6.54 Å². The summed E-state index contributed by atoms with van der Waals surface area (Å²) in [6.07, 6.45) is 0. The maximum Gasteiger partial charge on any atom is 0.148 e. The fraction of sp³-hybridized carbons (Fsp3) is 0.667. The van der Waals surface area contributed by atoms with E-state index in [1.807, 2.05) is 7.05 Å². The zero-order chi connectivity index (χ0) is 8.01. The van der Waals surface area contributed by atoms with Crippen molar-refractivity contribution in [2.75, 3.05) is 13.6 Å². The summed E-state index contributed by atoms with van der Waals surface area (Å²) in [4.78, 5) is 13.2. The van der Waals surface area contributed by atoms with E-state index in [-0.39, 0.29) is 11.8 Å². The van der Waals surface area contributed by atoms with Gasteiger partial charge in [-0.05, 0) is 14.0 Å². The fourth-order valence-electron chi connectivity index (χ4n) is 2.02. The van der Waals surface area contributed by atoms with Crippen LogP contribution in [0.3, 0.4) is 0 Å². The second-order valence-electron chi connectivity index (χ2n) is 3.42. The molecule has 0 amide bonds. The normalized spacial score (nSPS) is 40.4. The Kier molecular flexibility index (Phi) is 1.30. The summed E-state index contributed by atoms with van der Waals surface area (Å²) in [5, 5.41) is 0. The highest BCUT2D eigenvalue weighted by Crippen LogP contribution is 2.33. The van der Waals surface area contributed by atoms with Crippen molar-refractivity contribution in [2.24, 2.45) is 11.8 Å². The molecule has 0 saturated carbocycles. The third-order valence-electron chi connectivity index (χ3n) is 2.59. The van der Waals surface area contributed by atoms with Gasteiger partial charge in [-0.3, -0.25) is 9.69 Å². The highest BCUT2D eigenvalue weighted by molar-refractivity contribution is 5.83. The van der Waals surface area contributed by atoms with Gasteiger partial charge in [0.25, 0.3) is 0 Å². The monoisotopic (exact) mass is 149 g/mol. The molecule has 2 nitrogen and oxygen atoms in total. The smallest absolute Gasteiger partial charge is 0.148 e. The summed E-state index contributed by atoms with van der Waals surface area (Å²) < 4.78 is 0. The number of likely N-dealkylation sites (N-methyl/N-ethyl adjacent to an activating group) is 1. The standard InChI is InChI=1S/C9H11NO/c1-6(11)9-8-4-3-7(8)5-10(9)2/h7-9H,5H2,1-2H3/t7-,8-,9+/m0/s1. The number of rotatable bonds is 1. The fourth-order valence-corrected chi connectivity index (χ4v) is 2.02. The van der Waals surface area contributed by atoms with Crippen LogP contribution in [-0.4, -0.2) is 30.3 Å². The quantitative estimate of drug-likeness (QED) is 0.494. The minimum absolute atomic E-state index is 0.0845. The van der Waals surface area contributed by atoms with Crippen LogP contribution in [0.4, 0.5) is 0 Å². The van der Waals surface area contributed by atoms with Crippen LogP contribution in [0.1, 0.15) is 6.92 Å². The topological polar surface area (TPSA) is 20.3 Å². The SMILES string of the molecule is CC(=O)[C@@H]1[C@H]2C#C[C@H]2CN1C. The third kappa shape index (κ3) is 0.812. The van der Waals surface area contributed by atoms with Gasteiger partial charge in [-0.1, -0.05) is 11.8 Å². The lowest BCUT2D eigenvalue weighted by Gasteiger charge is -2.21. The van der Waals surface area contributed by atoms with Gasteiger partial charge in [-0.25, -0.2) is 0 Å². The zero-order valence-electron chi connectivity index (χ0n) is 6.79. The van der Waals surface area contributed by atoms with Crippen molar-refractivity contribution in [1.82, 2.24) is 4.90 Å². The molecular formula is C9H11NO. The number of hydrogen-bond donors (Lipinski definition) is 0. The first kappa shape index (κ1) is 6.87. The average molecular weight is 149 g/mol. The molecule has 58 valence electrons. The third-order valence-corrected chi connectivity index (χ3v) is 2.59. The van der Waals surface area contributed by atoms with E-state index in [1.165, 1.54) is 0 Å². The van der Waals surface area contributed by atoms with Gasteiger partial charge in [-0.15, -0.1) is 0 Å². The van der Waals surface area contributed by atoms with Crippen molar-refractivity contribution in [1.29, 1.82) is 0 Å². The van der Waals surface area contributed by atoms with E-state index in [1.54, 1.807) is 6.92 Å². The molecule has 3 atom stereocenters. The van der Waals surface area contributed by atoms with Gasteiger partial charge in [0.15, 0.2) is 0 Å². The number of fused-ring (bicyclic) bond motifs is 1. The molecular weight excluding hydrogens is 138 g/mol. The molecule has 0 aromatic carbocycles. The van der Waals surface area contributed by atoms with Crippen LogP contribution in [0.15, 0.2) is 0 Å². The van der Waals surface area contributed by atoms with Crippen LogP contribution in [-0.2, 0) is 4.79 Å². The van der Waals surface area contributed by atoms with Crippen molar-refractivity contribution in [3.63, 3.8) is 0 Å². The Balaban J connectivity index is 2.21. The lowest BCUT2D eigenvalue weighted by atomic mass is 9.83. The first-order valence-corrected chi connectivity index (χ1v) is 3.92. The molecule has 2 aliphatic rings. The van der Waals surface area contributed by atoms with Gasteiger partial charge >= 0.3 is 0 Å². The number of nitrogens with zero attached hydrogens (tertiary/aromatic N) is 1. The van der Waals surface area contributed by atoms with E-state index in [2.05, 4.69) is 16.7 Å². The van der Waals surface area contributed by atoms with E-state index in [0.29, 0.717) is 11.8 Å². The highest BCUT2D eigenvalue weighted by atomic mass is 16.1. The van der Waals surface area contributed by atoms with Crippen molar-refractivity contribution < 1.29 is 4.79 Å². The first-order valence-electron chi connectivity index (χ1n) is 3.92. The first-order chi connectivity index (χ1) is 5.20. The number of carbonyl (C=O) groups is 1. The maximum atomic E-state index is 11.1. The molecule has 0 aromatic rings. The Labute approximate surface area is 66.6 Å². The van der Waals surface area contributed by atoms with Crippen molar-refractivity contribution in [3.05, 3.63) is 0 Å². The summed E-state index contributed by atoms with van der Waals surface area (Å²) >= 11 is 0. The lowest BCUT2D eigenvalue weighted by molar-refractivity contribution is -0.121. The Bertz CT molecular complexity index is 260. The number of Topliss-reactive ketones (excluding diaryl/α,β-unsaturated/α-hetero) is 1. The van der Waals surface area contributed by atoms with Crippen LogP contribution in [0, 0.1) is 23.7 Å². The molecule has 0 bridgehead atoms. The summed E-state index contributed by atoms with van der Waals surface area (Å²) in [6.45, 7) is 2.63. The average Bonchev–Trinajstić information content (AvgIpc) is 2.10. The Morgan fingerprint density at radius 2 is 2.27 bits per heavy atom. The van der Waals surface area contributed by atoms with Gasteiger partial charge in [-0.2, -0.15) is 0 Å². The second-order valence-corrected chi connectivity index (χ2v) is 3.42. The van der Waals surface area contributed by atoms with E-state index in [4.69, 9.17) is 0 Å². The summed E-state index contributed by atoms with van der Waals surface area (Å²) in [5.74, 6) is 7.22. The maximum absolute atomic E-state index is 11.1. The van der Waals surface area contributed by atoms with Gasteiger partial charge in [0.2, 0.25) is 0 Å². The molecule has 1 heterocycles. The predicted molar refractivity (Wildman–Crippen MR) is 41.9 cm³/mol. The number of likely N-dealkylation sites (tertiary alicyclic amines) is 1. The van der Waals surface area contributed by atoms with Crippen LogP contribution in [0.25, 0.3) is 0 Å². The zero-order valence-corrected chi connectivity index (χ0v) is 6.79. The lowest BCUT2D eigenvalue weighted by Crippen LogP contribution is -2.36. The number of carbonyl (C=O) groups excluding carboxylic acids is 1. The minimum atomic E-state index is 0.0845. The van der Waals surface area contributed by atoms with E-state index in [9.17, 15) is 4.79 Å². The minimum Gasteiger partial charge on any atom is -0.298 e. The van der Waals surface area contributed by atoms with Crippen LogP contribution in [0.5, 0.6) is 0 Å². The molecule has 0 unspecified atom stereocenters. The molecule has 0 aromatic heterocycles. The molecule has 0 N–H and O–H groups in total. The molecule has 0 radical (unpaired) electrons. The van der Waals surface area contributed by atoms with E-state index < -0.39 is 0 Å². The molecule has 2 rings (SSSR count). The molecule has 1 saturated heterocycles. The molecule has 2 heteroatoms. The van der Waals surface area contributed by atoms with Crippen molar-refractivity contribution in [3.8, 4) is 11.8 Å². The van der Waals surface area contributed by atoms with Gasteiger partial charge in [0, 0.05) is 12.5 Å². The van der Waals surface area contributed by atoms with Gasteiger partial charge < -0.3 is 0 Å². The van der Waals surface area contributed by atoms with Crippen LogP contribution < -0.4 is 0 Å². The molecule has 1 aliphatic carbocycles. The Morgan fingerprint density at radius 1 is 1.55 bits per heavy atom. The Morgan fingerprint density at radius 3 is 2.55 bits per heavy atom. The Hall–Kier alpha value is -0.810. The summed E-state index contributed by atoms with van der Waals surface area (Å²) in [5.41, 5.74) is 0. The number of hydrogen-bond acceptors (Lipinski definition) is 2.